The smallest absolute Gasteiger partial charge is 0.226 e. The highest BCUT2D eigenvalue weighted by Crippen LogP contribution is 2.26. The molecular weight excluding hydrogens is 335 g/mol. The van der Waals surface area contributed by atoms with E-state index in [1.54, 1.807) is 18.2 Å². The minimum atomic E-state index is -0.231. The lowest BCUT2D eigenvalue weighted by Crippen LogP contribution is -2.28. The third-order valence-electron chi connectivity index (χ3n) is 3.59. The summed E-state index contributed by atoms with van der Waals surface area (Å²) in [5.74, 6) is -0.150. The molecule has 0 spiro atoms. The first-order chi connectivity index (χ1) is 11.0. The van der Waals surface area contributed by atoms with E-state index in [4.69, 9.17) is 27.7 Å². The Balaban J connectivity index is 1.71. The Labute approximate surface area is 143 Å². The van der Waals surface area contributed by atoms with E-state index in [0.717, 1.165) is 10.9 Å². The predicted octanol–water partition coefficient (Wildman–Crippen LogP) is 4.55. The number of carbonyl (C=O) groups is 1. The van der Waals surface area contributed by atoms with E-state index in [1.165, 1.54) is 0 Å². The second-order valence-electron chi connectivity index (χ2n) is 5.26. The van der Waals surface area contributed by atoms with Gasteiger partial charge in [-0.05, 0) is 36.8 Å². The Morgan fingerprint density at radius 2 is 2.04 bits per heavy atom. The van der Waals surface area contributed by atoms with Crippen LogP contribution in [0.2, 0.25) is 10.0 Å². The molecule has 1 N–H and O–H groups in total. The van der Waals surface area contributed by atoms with Crippen LogP contribution in [0.25, 0.3) is 11.0 Å². The van der Waals surface area contributed by atoms with Crippen LogP contribution in [0.1, 0.15) is 24.2 Å². The molecule has 0 unspecified atom stereocenters. The average molecular weight is 349 g/mol. The minimum absolute atomic E-state index is 0.145. The second kappa shape index (κ2) is 6.60. The van der Waals surface area contributed by atoms with Gasteiger partial charge in [-0.3, -0.25) is 4.79 Å². The molecule has 0 aliphatic heterocycles. The Hall–Kier alpha value is -2.04. The van der Waals surface area contributed by atoms with Gasteiger partial charge in [0.15, 0.2) is 5.58 Å². The number of rotatable bonds is 4. The molecule has 0 saturated heterocycles. The molecule has 3 aromatic rings. The quantitative estimate of drug-likeness (QED) is 0.752. The summed E-state index contributed by atoms with van der Waals surface area (Å²) in [4.78, 5) is 12.3. The van der Waals surface area contributed by atoms with Gasteiger partial charge < -0.3 is 9.84 Å². The molecule has 6 heteroatoms. The Bertz CT molecular complexity index is 861. The van der Waals surface area contributed by atoms with E-state index in [1.807, 2.05) is 31.2 Å². The van der Waals surface area contributed by atoms with Crippen molar-refractivity contribution in [2.24, 2.45) is 0 Å². The number of nitrogens with zero attached hydrogens (tertiary/aromatic N) is 1. The summed E-state index contributed by atoms with van der Waals surface area (Å²) in [6.07, 6.45) is 0.145. The zero-order chi connectivity index (χ0) is 16.4. The summed E-state index contributed by atoms with van der Waals surface area (Å²) in [6, 6.07) is 12.4. The van der Waals surface area contributed by atoms with Crippen molar-refractivity contribution < 1.29 is 9.32 Å². The van der Waals surface area contributed by atoms with Crippen molar-refractivity contribution in [2.45, 2.75) is 19.4 Å². The number of fused-ring (bicyclic) bond motifs is 1. The van der Waals surface area contributed by atoms with Crippen LogP contribution in [0.15, 0.2) is 47.0 Å². The van der Waals surface area contributed by atoms with Crippen molar-refractivity contribution in [3.05, 3.63) is 63.8 Å². The van der Waals surface area contributed by atoms with E-state index >= 15 is 0 Å². The van der Waals surface area contributed by atoms with Crippen LogP contribution >= 0.6 is 23.2 Å². The Kier molecular flexibility index (Phi) is 4.55. The van der Waals surface area contributed by atoms with Crippen LogP contribution in [0.4, 0.5) is 0 Å². The molecule has 23 heavy (non-hydrogen) atoms. The van der Waals surface area contributed by atoms with Crippen molar-refractivity contribution in [3.63, 3.8) is 0 Å². The maximum absolute atomic E-state index is 12.3. The molecule has 1 aromatic heterocycles. The highest BCUT2D eigenvalue weighted by molar-refractivity contribution is 6.35. The zero-order valence-corrected chi connectivity index (χ0v) is 13.9. The molecule has 1 heterocycles. The lowest BCUT2D eigenvalue weighted by molar-refractivity contribution is -0.121. The molecule has 4 nitrogen and oxygen atoms in total. The number of hydrogen-bond donors (Lipinski definition) is 1. The van der Waals surface area contributed by atoms with Gasteiger partial charge in [-0.15, -0.1) is 0 Å². The van der Waals surface area contributed by atoms with Crippen LogP contribution < -0.4 is 5.32 Å². The predicted molar refractivity (Wildman–Crippen MR) is 90.7 cm³/mol. The van der Waals surface area contributed by atoms with Crippen LogP contribution in [0, 0.1) is 0 Å². The highest BCUT2D eigenvalue weighted by Gasteiger charge is 2.16. The molecule has 0 fully saturated rings. The molecule has 1 amide bonds. The van der Waals surface area contributed by atoms with Crippen LogP contribution in [-0.2, 0) is 11.2 Å². The molecule has 2 aromatic carbocycles. The van der Waals surface area contributed by atoms with Crippen molar-refractivity contribution >= 4 is 40.1 Å². The van der Waals surface area contributed by atoms with Crippen molar-refractivity contribution in [1.82, 2.24) is 10.5 Å². The van der Waals surface area contributed by atoms with E-state index in [-0.39, 0.29) is 18.4 Å². The molecule has 0 saturated carbocycles. The maximum atomic E-state index is 12.3. The lowest BCUT2D eigenvalue weighted by Gasteiger charge is -2.15. The van der Waals surface area contributed by atoms with Gasteiger partial charge in [0.1, 0.15) is 5.69 Å². The van der Waals surface area contributed by atoms with Crippen molar-refractivity contribution in [1.29, 1.82) is 0 Å². The molecule has 1 atom stereocenters. The Morgan fingerprint density at radius 1 is 1.26 bits per heavy atom. The number of halogens is 2. The number of para-hydroxylation sites is 1. The van der Waals surface area contributed by atoms with E-state index < -0.39 is 0 Å². The van der Waals surface area contributed by atoms with Gasteiger partial charge in [-0.2, -0.15) is 0 Å². The van der Waals surface area contributed by atoms with Crippen LogP contribution in [0.3, 0.4) is 0 Å². The first kappa shape index (κ1) is 15.8. The molecular formula is C17H14Cl2N2O2. The highest BCUT2D eigenvalue weighted by atomic mass is 35.5. The molecule has 0 aliphatic rings. The number of amides is 1. The van der Waals surface area contributed by atoms with Crippen LogP contribution in [0.5, 0.6) is 0 Å². The van der Waals surface area contributed by atoms with Gasteiger partial charge in [0.05, 0.1) is 12.5 Å². The fourth-order valence-electron chi connectivity index (χ4n) is 2.44. The van der Waals surface area contributed by atoms with Crippen LogP contribution in [-0.4, -0.2) is 11.1 Å². The van der Waals surface area contributed by atoms with Crippen molar-refractivity contribution in [2.75, 3.05) is 0 Å². The fourth-order valence-corrected chi connectivity index (χ4v) is 3.01. The summed E-state index contributed by atoms with van der Waals surface area (Å²) in [6.45, 7) is 1.87. The summed E-state index contributed by atoms with van der Waals surface area (Å²) >= 11 is 12.1. The van der Waals surface area contributed by atoms with Gasteiger partial charge in [0.2, 0.25) is 5.91 Å². The van der Waals surface area contributed by atoms with Gasteiger partial charge in [-0.1, -0.05) is 46.6 Å². The zero-order valence-electron chi connectivity index (χ0n) is 12.3. The SMILES string of the molecule is C[C@@H](NC(=O)Cc1noc2ccccc12)c1ccc(Cl)cc1Cl. The van der Waals surface area contributed by atoms with Gasteiger partial charge >= 0.3 is 0 Å². The molecule has 118 valence electrons. The molecule has 0 aliphatic carbocycles. The molecule has 3 rings (SSSR count). The van der Waals surface area contributed by atoms with E-state index in [2.05, 4.69) is 10.5 Å². The third kappa shape index (κ3) is 3.49. The number of aromatic nitrogens is 1. The number of nitrogens with one attached hydrogen (secondary N) is 1. The van der Waals surface area contributed by atoms with Gasteiger partial charge in [0.25, 0.3) is 0 Å². The van der Waals surface area contributed by atoms with Crippen molar-refractivity contribution in [3.8, 4) is 0 Å². The normalized spacial score (nSPS) is 12.3. The fraction of sp³-hybridized carbons (Fsp3) is 0.176. The average Bonchev–Trinajstić information content (AvgIpc) is 2.90. The largest absolute Gasteiger partial charge is 0.356 e. The molecule has 0 radical (unpaired) electrons. The number of hydrogen-bond acceptors (Lipinski definition) is 3. The number of carbonyl (C=O) groups excluding carboxylic acids is 1. The van der Waals surface area contributed by atoms with Gasteiger partial charge in [0, 0.05) is 15.4 Å². The summed E-state index contributed by atoms with van der Waals surface area (Å²) in [5, 5.41) is 8.81. The summed E-state index contributed by atoms with van der Waals surface area (Å²) < 4.78 is 5.21. The lowest BCUT2D eigenvalue weighted by atomic mass is 10.1. The van der Waals surface area contributed by atoms with E-state index in [0.29, 0.717) is 21.3 Å². The minimum Gasteiger partial charge on any atom is -0.356 e. The maximum Gasteiger partial charge on any atom is 0.226 e. The second-order valence-corrected chi connectivity index (χ2v) is 6.10. The monoisotopic (exact) mass is 348 g/mol. The first-order valence-electron chi connectivity index (χ1n) is 7.12. The molecule has 0 bridgehead atoms. The third-order valence-corrected chi connectivity index (χ3v) is 4.15. The number of benzene rings is 2. The topological polar surface area (TPSA) is 55.1 Å². The first-order valence-corrected chi connectivity index (χ1v) is 7.88. The Morgan fingerprint density at radius 3 is 2.83 bits per heavy atom. The standard InChI is InChI=1S/C17H14Cl2N2O2/c1-10(12-7-6-11(18)8-14(12)19)20-17(22)9-15-13-4-2-3-5-16(13)23-21-15/h2-8,10H,9H2,1H3,(H,20,22)/t10-/m1/s1. The summed E-state index contributed by atoms with van der Waals surface area (Å²) in [5.41, 5.74) is 2.10. The van der Waals surface area contributed by atoms with E-state index in [9.17, 15) is 4.79 Å². The summed E-state index contributed by atoms with van der Waals surface area (Å²) in [7, 11) is 0. The van der Waals surface area contributed by atoms with Gasteiger partial charge in [-0.25, -0.2) is 0 Å².